The Morgan fingerprint density at radius 3 is 1.55 bits per heavy atom. The van der Waals surface area contributed by atoms with Gasteiger partial charge in [-0.2, -0.15) is 0 Å². The Morgan fingerprint density at radius 2 is 1.10 bits per heavy atom. The number of hydrogen-bond acceptors (Lipinski definition) is 18. The Labute approximate surface area is 403 Å². The fourth-order valence-electron chi connectivity index (χ4n) is 5.69. The van der Waals surface area contributed by atoms with Crippen LogP contribution in [0.15, 0.2) is 86.0 Å². The molecular weight excluding hydrogens is 1080 g/mol. The summed E-state index contributed by atoms with van der Waals surface area (Å²) in [5, 5.41) is 14.6. The van der Waals surface area contributed by atoms with E-state index in [-0.39, 0.29) is 45.7 Å². The number of ether oxygens (including phenoxy) is 3. The van der Waals surface area contributed by atoms with E-state index in [0.717, 1.165) is 0 Å². The molecule has 0 spiro atoms. The predicted molar refractivity (Wildman–Crippen MR) is 249 cm³/mol. The van der Waals surface area contributed by atoms with Crippen LogP contribution in [0.5, 0.6) is 11.5 Å². The summed E-state index contributed by atoms with van der Waals surface area (Å²) in [7, 11) is -7.01. The molecule has 6 rings (SSSR count). The van der Waals surface area contributed by atoms with Gasteiger partial charge in [0.15, 0.2) is 30.4 Å². The van der Waals surface area contributed by atoms with Crippen molar-refractivity contribution in [3.05, 3.63) is 92.6 Å². The molecule has 6 aromatic rings. The first-order chi connectivity index (χ1) is 31.1. The number of nitrogen functional groups attached to an aromatic ring is 2. The van der Waals surface area contributed by atoms with Crippen LogP contribution in [0, 0.1) is 6.66 Å². The van der Waals surface area contributed by atoms with E-state index in [2.05, 4.69) is 46.7 Å². The maximum atomic E-state index is 13.6. The summed E-state index contributed by atoms with van der Waals surface area (Å²) >= 11 is 0. The number of imidazole rings is 2. The maximum absolute atomic E-state index is 13.6. The normalized spacial score (nSPS) is 14.7. The number of carbonyl (C=O) groups is 2. The molecule has 0 radical (unpaired) electrons. The number of esters is 2. The summed E-state index contributed by atoms with van der Waals surface area (Å²) in [6.07, 6.45) is 4.33. The van der Waals surface area contributed by atoms with Gasteiger partial charge in [0.2, 0.25) is 0 Å². The second kappa shape index (κ2) is 26.3. The van der Waals surface area contributed by atoms with Crippen molar-refractivity contribution in [3.63, 3.8) is 0 Å². The first-order valence-corrected chi connectivity index (χ1v) is 24.4. The number of nitrogens with two attached hydrogens (primary N) is 2. The Bertz CT molecular complexity index is 2570. The quantitative estimate of drug-likeness (QED) is 0.0367. The van der Waals surface area contributed by atoms with Crippen molar-refractivity contribution in [2.75, 3.05) is 17.8 Å². The average molecular weight is 1140 g/mol. The van der Waals surface area contributed by atoms with E-state index >= 15 is 0 Å². The molecule has 25 heteroatoms. The third kappa shape index (κ3) is 18.4. The number of para-hydroxylation sites is 2. The van der Waals surface area contributed by atoms with Crippen molar-refractivity contribution in [2.24, 2.45) is 0 Å². The van der Waals surface area contributed by atoms with Gasteiger partial charge in [-0.3, -0.25) is 18.7 Å². The summed E-state index contributed by atoms with van der Waals surface area (Å²) in [5.41, 5.74) is 13.7. The molecule has 22 nitrogen and oxygen atoms in total. The van der Waals surface area contributed by atoms with Crippen molar-refractivity contribution in [3.8, 4) is 11.5 Å². The molecule has 0 saturated carbocycles. The Balaban J connectivity index is 0.000000295. The second-order valence-corrected chi connectivity index (χ2v) is 19.3. The number of nitrogens with one attached hydrogen (secondary N) is 2. The molecule has 7 N–H and O–H groups in total. The van der Waals surface area contributed by atoms with Crippen LogP contribution in [0.1, 0.15) is 55.4 Å². The van der Waals surface area contributed by atoms with Gasteiger partial charge in [-0.15, -0.1) is 0 Å². The molecule has 0 aliphatic heterocycles. The van der Waals surface area contributed by atoms with E-state index in [1.165, 1.54) is 12.7 Å². The molecule has 0 unspecified atom stereocenters. The number of nitrogens with zero attached hydrogens (tertiary/aromatic N) is 8. The molecule has 4 aromatic heterocycles. The number of aliphatic hydroxyl groups is 1. The van der Waals surface area contributed by atoms with Gasteiger partial charge < -0.3 is 49.0 Å². The molecule has 0 aliphatic carbocycles. The molecule has 0 aliphatic rings. The number of rotatable bonds is 19. The van der Waals surface area contributed by atoms with E-state index < -0.39 is 45.2 Å². The van der Waals surface area contributed by atoms with Gasteiger partial charge in [-0.25, -0.2) is 46.7 Å². The van der Waals surface area contributed by atoms with Crippen molar-refractivity contribution in [1.82, 2.24) is 49.2 Å². The molecule has 0 saturated heterocycles. The minimum absolute atomic E-state index is 0. The summed E-state index contributed by atoms with van der Waals surface area (Å²) in [6, 6.07) is 15.7. The molecular formula is C42H59N12O10P2W-. The van der Waals surface area contributed by atoms with E-state index in [0.29, 0.717) is 58.6 Å². The first kappa shape index (κ1) is 56.0. The van der Waals surface area contributed by atoms with Gasteiger partial charge in [0.05, 0.1) is 50.2 Å². The zero-order valence-electron chi connectivity index (χ0n) is 38.5. The first-order valence-electron chi connectivity index (χ1n) is 20.8. The molecule has 0 bridgehead atoms. The van der Waals surface area contributed by atoms with Gasteiger partial charge in [-0.05, 0) is 79.7 Å². The number of fused-ring (bicyclic) bond motifs is 2. The smallest absolute Gasteiger partial charge is 0.342 e. The molecule has 364 valence electrons. The zero-order chi connectivity index (χ0) is 48.6. The molecule has 4 heterocycles. The largest absolute Gasteiger partial charge is 0.462 e. The van der Waals surface area contributed by atoms with Crippen LogP contribution < -0.4 is 30.7 Å². The van der Waals surface area contributed by atoms with Crippen molar-refractivity contribution in [1.29, 1.82) is 0 Å². The summed E-state index contributed by atoms with van der Waals surface area (Å²) < 4.78 is 56.4. The van der Waals surface area contributed by atoms with Crippen LogP contribution in [0.4, 0.5) is 11.6 Å². The van der Waals surface area contributed by atoms with Gasteiger partial charge >= 0.3 is 19.5 Å². The van der Waals surface area contributed by atoms with Crippen molar-refractivity contribution >= 4 is 60.9 Å². The maximum Gasteiger partial charge on any atom is 0.342 e. The number of carbonyl (C=O) groups excluding carboxylic acids is 2. The average Bonchev–Trinajstić information content (AvgIpc) is 3.85. The van der Waals surface area contributed by atoms with Gasteiger partial charge in [0.1, 0.15) is 53.6 Å². The minimum Gasteiger partial charge on any atom is -0.462 e. The number of hydrogen-bond donors (Lipinski definition) is 5. The summed E-state index contributed by atoms with van der Waals surface area (Å²) in [5.74, 6) is 0.450. The number of benzene rings is 2. The molecule has 6 atom stereocenters. The topological polar surface area (TPSA) is 298 Å². The molecule has 67 heavy (non-hydrogen) atoms. The Kier molecular flexibility index (Phi) is 22.0. The van der Waals surface area contributed by atoms with Crippen molar-refractivity contribution in [2.45, 2.75) is 105 Å². The third-order valence-corrected chi connectivity index (χ3v) is 11.5. The fraction of sp³-hybridized carbons (Fsp3) is 0.405. The fourth-order valence-corrected chi connectivity index (χ4v) is 8.69. The van der Waals surface area contributed by atoms with E-state index in [4.69, 9.17) is 34.7 Å². The van der Waals surface area contributed by atoms with E-state index in [1.54, 1.807) is 119 Å². The Morgan fingerprint density at radius 1 is 0.672 bits per heavy atom. The Hall–Kier alpha value is -5.33. The van der Waals surface area contributed by atoms with Crippen LogP contribution in [-0.2, 0) is 67.1 Å². The minimum atomic E-state index is -3.64. The zero-order valence-corrected chi connectivity index (χ0v) is 43.3. The predicted octanol–water partition coefficient (Wildman–Crippen LogP) is 5.74. The molecule has 0 fully saturated rings. The second-order valence-electron chi connectivity index (χ2n) is 15.4. The van der Waals surface area contributed by atoms with Gasteiger partial charge in [0.25, 0.3) is 0 Å². The SMILES string of the molecule is CC(C)OC(=O)[C@H](C)N[P@](=O)(CO[C@H](C)Cn1cnc2c(N)ncnc21)Oc1ccccc1.C[C@@H](O)Cn1cnc2c(N)ncnc21.[CH2-][P@@](=O)(N[C@@H](C)C(=O)OC(C)C)Oc1ccccc1.[W]. The molecule has 2 aromatic carbocycles. The van der Waals surface area contributed by atoms with Crippen LogP contribution in [0.2, 0.25) is 0 Å². The third-order valence-electron chi connectivity index (χ3n) is 8.49. The van der Waals surface area contributed by atoms with Crippen LogP contribution in [-0.4, -0.2) is 98.9 Å². The summed E-state index contributed by atoms with van der Waals surface area (Å²) in [4.78, 5) is 48.2. The number of anilines is 2. The van der Waals surface area contributed by atoms with E-state index in [9.17, 15) is 23.8 Å². The van der Waals surface area contributed by atoms with Crippen LogP contribution >= 0.6 is 15.0 Å². The molecule has 0 amide bonds. The standard InChI is InChI=1S/C21H29N6O5P.C13H19NO4P.C8H11N5O.W/c1-14(2)31-21(28)16(4)26-33(29,32-17-8-6-5-7-9-17)13-30-15(3)10-27-12-25-18-19(22)23-11-24-20(18)27;1-10(2)17-13(15)11(3)14-19(4,16)18-12-8-6-5-7-9-12;1-5(14)2-13-4-12-6-7(9)10-3-11-8(6)13;/h5-9,11-12,14-16H,10,13H2,1-4H3,(H,26,29)(H2,22,23,24);5-11H,4H2,1-3H3,(H,14,16);3-5,14H,2H2,1H3,(H2,9,10,11);/q;-1;;/t15-,16+,33+;11-,19-;5-;/m101./s1. The summed E-state index contributed by atoms with van der Waals surface area (Å²) in [6.45, 7) is 17.9. The van der Waals surface area contributed by atoms with Gasteiger partial charge in [-0.1, -0.05) is 36.4 Å². The number of aromatic nitrogens is 8. The monoisotopic (exact) mass is 1140 g/mol. The van der Waals surface area contributed by atoms with Crippen LogP contribution in [0.25, 0.3) is 22.3 Å². The van der Waals surface area contributed by atoms with E-state index in [1.807, 2.05) is 19.1 Å². The van der Waals surface area contributed by atoms with Gasteiger partial charge in [0, 0.05) is 21.1 Å². The van der Waals surface area contributed by atoms with Crippen LogP contribution in [0.3, 0.4) is 0 Å². The van der Waals surface area contributed by atoms with Crippen molar-refractivity contribution < 1.29 is 68.1 Å². The number of aliphatic hydroxyl groups excluding tert-OH is 1.